The number of carbonyl (C=O) groups is 2. The molecule has 1 fully saturated rings. The summed E-state index contributed by atoms with van der Waals surface area (Å²) >= 11 is 0. The first kappa shape index (κ1) is 20.6. The standard InChI is InChI=1S/C22H25N5O4/c1-12-19(22(29)30)21(23)20-16(26-12)3-2-4-17(20)31-15-7-5-13(6-8-15)27-18(28)9-14-10-24-11-25-14/h2-4,10-11,13,15H,5-9H2,1H3,(H2,23,26)(H,24,25)(H,27,28)(H,29,30)/t13-,15-. The van der Waals surface area contributed by atoms with E-state index in [2.05, 4.69) is 20.3 Å². The van der Waals surface area contributed by atoms with Crippen molar-refractivity contribution in [2.24, 2.45) is 0 Å². The van der Waals surface area contributed by atoms with Crippen LogP contribution in [0.1, 0.15) is 47.4 Å². The molecule has 162 valence electrons. The Hall–Kier alpha value is -3.62. The fourth-order valence-electron chi connectivity index (χ4n) is 4.14. The molecule has 9 nitrogen and oxygen atoms in total. The fourth-order valence-corrected chi connectivity index (χ4v) is 4.14. The van der Waals surface area contributed by atoms with Gasteiger partial charge in [0.1, 0.15) is 11.3 Å². The van der Waals surface area contributed by atoms with E-state index in [1.165, 1.54) is 0 Å². The second-order valence-electron chi connectivity index (χ2n) is 7.84. The minimum Gasteiger partial charge on any atom is -0.490 e. The molecule has 1 aromatic carbocycles. The third-order valence-electron chi connectivity index (χ3n) is 5.64. The second kappa shape index (κ2) is 8.63. The molecule has 2 aromatic heterocycles. The molecule has 1 saturated carbocycles. The molecule has 0 radical (unpaired) electrons. The Morgan fingerprint density at radius 3 is 2.74 bits per heavy atom. The smallest absolute Gasteiger partial charge is 0.339 e. The highest BCUT2D eigenvalue weighted by Crippen LogP contribution is 2.35. The van der Waals surface area contributed by atoms with Crippen molar-refractivity contribution in [1.29, 1.82) is 0 Å². The molecule has 0 bridgehead atoms. The van der Waals surface area contributed by atoms with Crippen LogP contribution in [0.25, 0.3) is 10.9 Å². The number of carbonyl (C=O) groups excluding carboxylic acids is 1. The lowest BCUT2D eigenvalue weighted by atomic mass is 9.92. The lowest BCUT2D eigenvalue weighted by Crippen LogP contribution is -2.40. The number of hydrogen-bond donors (Lipinski definition) is 4. The number of carboxylic acids is 1. The highest BCUT2D eigenvalue weighted by molar-refractivity contribution is 6.06. The van der Waals surface area contributed by atoms with Crippen LogP contribution in [0.3, 0.4) is 0 Å². The van der Waals surface area contributed by atoms with Crippen molar-refractivity contribution in [2.75, 3.05) is 5.73 Å². The van der Waals surface area contributed by atoms with Crippen LogP contribution in [-0.4, -0.2) is 44.1 Å². The van der Waals surface area contributed by atoms with Crippen molar-refractivity contribution in [3.05, 3.63) is 47.7 Å². The zero-order chi connectivity index (χ0) is 22.0. The van der Waals surface area contributed by atoms with Gasteiger partial charge in [-0.3, -0.25) is 9.78 Å². The van der Waals surface area contributed by atoms with E-state index in [0.717, 1.165) is 25.7 Å². The highest BCUT2D eigenvalue weighted by Gasteiger charge is 2.25. The van der Waals surface area contributed by atoms with E-state index in [4.69, 9.17) is 10.5 Å². The number of aromatic amines is 1. The van der Waals surface area contributed by atoms with E-state index >= 15 is 0 Å². The summed E-state index contributed by atoms with van der Waals surface area (Å²) in [4.78, 5) is 35.1. The summed E-state index contributed by atoms with van der Waals surface area (Å²) in [5.74, 6) is -0.609. The molecule has 1 amide bonds. The maximum Gasteiger partial charge on any atom is 0.339 e. The van der Waals surface area contributed by atoms with Gasteiger partial charge in [-0.05, 0) is 44.7 Å². The zero-order valence-electron chi connectivity index (χ0n) is 17.2. The van der Waals surface area contributed by atoms with Crippen LogP contribution >= 0.6 is 0 Å². The van der Waals surface area contributed by atoms with Gasteiger partial charge in [-0.15, -0.1) is 0 Å². The number of ether oxygens (including phenoxy) is 1. The molecule has 1 aliphatic carbocycles. The summed E-state index contributed by atoms with van der Waals surface area (Å²) in [5.41, 5.74) is 8.08. The Morgan fingerprint density at radius 2 is 2.06 bits per heavy atom. The topological polar surface area (TPSA) is 143 Å². The summed E-state index contributed by atoms with van der Waals surface area (Å²) < 4.78 is 6.22. The normalized spacial score (nSPS) is 18.6. The zero-order valence-corrected chi connectivity index (χ0v) is 17.2. The molecule has 3 aromatic rings. The number of carboxylic acid groups (broad SMARTS) is 1. The molecule has 1 aliphatic rings. The van der Waals surface area contributed by atoms with Crippen molar-refractivity contribution in [1.82, 2.24) is 20.3 Å². The van der Waals surface area contributed by atoms with E-state index in [-0.39, 0.29) is 35.7 Å². The molecule has 9 heteroatoms. The van der Waals surface area contributed by atoms with E-state index in [1.807, 2.05) is 6.07 Å². The van der Waals surface area contributed by atoms with Gasteiger partial charge in [0.2, 0.25) is 5.91 Å². The van der Waals surface area contributed by atoms with Crippen LogP contribution in [0.2, 0.25) is 0 Å². The number of anilines is 1. The van der Waals surface area contributed by atoms with Gasteiger partial charge >= 0.3 is 5.97 Å². The van der Waals surface area contributed by atoms with Gasteiger partial charge in [0.05, 0.1) is 46.8 Å². The van der Waals surface area contributed by atoms with Crippen LogP contribution in [0, 0.1) is 6.92 Å². The maximum absolute atomic E-state index is 12.2. The van der Waals surface area contributed by atoms with Crippen LogP contribution in [0.4, 0.5) is 5.69 Å². The number of H-pyrrole nitrogens is 1. The summed E-state index contributed by atoms with van der Waals surface area (Å²) in [5, 5.41) is 13.1. The number of imidazole rings is 1. The van der Waals surface area contributed by atoms with Gasteiger partial charge in [0, 0.05) is 12.2 Å². The molecule has 0 saturated heterocycles. The second-order valence-corrected chi connectivity index (χ2v) is 7.84. The number of aryl methyl sites for hydroxylation is 1. The largest absolute Gasteiger partial charge is 0.490 e. The summed E-state index contributed by atoms with van der Waals surface area (Å²) in [6.45, 7) is 1.63. The predicted molar refractivity (Wildman–Crippen MR) is 115 cm³/mol. The number of pyridine rings is 1. The Morgan fingerprint density at radius 1 is 1.29 bits per heavy atom. The number of nitrogens with zero attached hydrogens (tertiary/aromatic N) is 2. The number of hydrogen-bond acceptors (Lipinski definition) is 6. The Labute approximate surface area is 179 Å². The van der Waals surface area contributed by atoms with Gasteiger partial charge < -0.3 is 25.9 Å². The van der Waals surface area contributed by atoms with Gasteiger partial charge in [0.15, 0.2) is 0 Å². The number of rotatable bonds is 6. The molecule has 2 heterocycles. The van der Waals surface area contributed by atoms with Crippen LogP contribution < -0.4 is 15.8 Å². The molecule has 5 N–H and O–H groups in total. The van der Waals surface area contributed by atoms with Gasteiger partial charge in [0.25, 0.3) is 0 Å². The average Bonchev–Trinajstić information content (AvgIpc) is 3.22. The van der Waals surface area contributed by atoms with Crippen molar-refractivity contribution in [3.63, 3.8) is 0 Å². The number of aromatic carboxylic acids is 1. The molecule has 0 spiro atoms. The molecule has 0 atom stereocenters. The van der Waals surface area contributed by atoms with Crippen LogP contribution in [0.5, 0.6) is 5.75 Å². The molecule has 0 aliphatic heterocycles. The maximum atomic E-state index is 12.2. The monoisotopic (exact) mass is 423 g/mol. The number of fused-ring (bicyclic) bond motifs is 1. The van der Waals surface area contributed by atoms with Gasteiger partial charge in [-0.2, -0.15) is 0 Å². The van der Waals surface area contributed by atoms with Crippen molar-refractivity contribution < 1.29 is 19.4 Å². The Kier molecular flexibility index (Phi) is 5.75. The SMILES string of the molecule is Cc1nc2cccc(O[C@H]3CC[C@H](NC(=O)Cc4c[nH]cn4)CC3)c2c(N)c1C(=O)O. The van der Waals surface area contributed by atoms with Gasteiger partial charge in [-0.25, -0.2) is 9.78 Å². The number of nitrogens with two attached hydrogens (primary N) is 1. The summed E-state index contributed by atoms with van der Waals surface area (Å²) in [6, 6.07) is 5.51. The molecular weight excluding hydrogens is 398 g/mol. The fraction of sp³-hybridized carbons (Fsp3) is 0.364. The third kappa shape index (κ3) is 4.45. The van der Waals surface area contributed by atoms with Crippen molar-refractivity contribution >= 4 is 28.5 Å². The first-order valence-corrected chi connectivity index (χ1v) is 10.3. The number of amides is 1. The molecule has 0 unspecified atom stereocenters. The van der Waals surface area contributed by atoms with E-state index in [9.17, 15) is 14.7 Å². The lowest BCUT2D eigenvalue weighted by molar-refractivity contribution is -0.121. The van der Waals surface area contributed by atoms with E-state index in [1.54, 1.807) is 31.6 Å². The third-order valence-corrected chi connectivity index (χ3v) is 5.64. The van der Waals surface area contributed by atoms with Crippen molar-refractivity contribution in [2.45, 2.75) is 51.2 Å². The van der Waals surface area contributed by atoms with Crippen LogP contribution in [0.15, 0.2) is 30.7 Å². The first-order chi connectivity index (χ1) is 14.9. The number of benzene rings is 1. The quantitative estimate of drug-likeness (QED) is 0.477. The lowest BCUT2D eigenvalue weighted by Gasteiger charge is -2.30. The first-order valence-electron chi connectivity index (χ1n) is 10.3. The minimum absolute atomic E-state index is 0.00637. The molecular formula is C22H25N5O4. The molecule has 4 rings (SSSR count). The number of nitrogen functional groups attached to an aromatic ring is 1. The number of aromatic nitrogens is 3. The molecule has 31 heavy (non-hydrogen) atoms. The summed E-state index contributed by atoms with van der Waals surface area (Å²) in [6.07, 6.45) is 6.63. The Bertz CT molecular complexity index is 1100. The van der Waals surface area contributed by atoms with E-state index in [0.29, 0.717) is 28.0 Å². The number of nitrogens with one attached hydrogen (secondary N) is 2. The highest BCUT2D eigenvalue weighted by atomic mass is 16.5. The van der Waals surface area contributed by atoms with Gasteiger partial charge in [-0.1, -0.05) is 6.07 Å². The predicted octanol–water partition coefficient (Wildman–Crippen LogP) is 2.60. The minimum atomic E-state index is -1.11. The van der Waals surface area contributed by atoms with E-state index < -0.39 is 5.97 Å². The van der Waals surface area contributed by atoms with Crippen molar-refractivity contribution in [3.8, 4) is 5.75 Å². The average molecular weight is 423 g/mol. The van der Waals surface area contributed by atoms with Crippen LogP contribution in [-0.2, 0) is 11.2 Å². The Balaban J connectivity index is 1.42. The summed E-state index contributed by atoms with van der Waals surface area (Å²) in [7, 11) is 0.